The molecule has 30 heavy (non-hydrogen) atoms. The van der Waals surface area contributed by atoms with Crippen molar-refractivity contribution in [1.82, 2.24) is 19.8 Å². The van der Waals surface area contributed by atoms with Crippen LogP contribution in [0.4, 0.5) is 5.82 Å². The van der Waals surface area contributed by atoms with Crippen LogP contribution in [0.2, 0.25) is 0 Å². The molecule has 164 valence electrons. The van der Waals surface area contributed by atoms with E-state index in [0.717, 1.165) is 30.0 Å². The second-order valence-electron chi connectivity index (χ2n) is 10.4. The third kappa shape index (κ3) is 3.11. The van der Waals surface area contributed by atoms with E-state index in [1.165, 1.54) is 32.0 Å². The van der Waals surface area contributed by atoms with Crippen LogP contribution in [0.5, 0.6) is 0 Å². The van der Waals surface area contributed by atoms with Crippen molar-refractivity contribution >= 4 is 11.7 Å². The predicted molar refractivity (Wildman–Crippen MR) is 113 cm³/mol. The molecule has 3 N–H and O–H groups in total. The molecule has 4 aliphatic rings. The molecule has 0 radical (unpaired) electrons. The zero-order chi connectivity index (χ0) is 21.1. The second-order valence-corrected chi connectivity index (χ2v) is 10.4. The summed E-state index contributed by atoms with van der Waals surface area (Å²) in [5, 5.41) is 12.8. The summed E-state index contributed by atoms with van der Waals surface area (Å²) < 4.78 is 0. The van der Waals surface area contributed by atoms with Crippen molar-refractivity contribution in [2.75, 3.05) is 38.7 Å². The molecule has 8 heteroatoms. The molecule has 3 saturated carbocycles. The van der Waals surface area contributed by atoms with Crippen LogP contribution in [0.15, 0.2) is 6.33 Å². The average molecular weight is 415 g/mol. The van der Waals surface area contributed by atoms with E-state index in [9.17, 15) is 9.90 Å². The van der Waals surface area contributed by atoms with E-state index in [1.54, 1.807) is 5.01 Å². The lowest BCUT2D eigenvalue weighted by Gasteiger charge is -2.33. The Labute approximate surface area is 178 Å². The number of nitrogens with zero attached hydrogens (tertiary/aromatic N) is 5. The zero-order valence-electron chi connectivity index (χ0n) is 18.2. The third-order valence-corrected chi connectivity index (χ3v) is 8.25. The van der Waals surface area contributed by atoms with Gasteiger partial charge in [0.05, 0.1) is 31.4 Å². The number of carbonyl (C=O) groups excluding carboxylic acids is 1. The molecule has 1 aromatic heterocycles. The van der Waals surface area contributed by atoms with Crippen molar-refractivity contribution in [2.45, 2.75) is 57.6 Å². The quantitative estimate of drug-likeness (QED) is 0.528. The zero-order valence-corrected chi connectivity index (χ0v) is 18.2. The molecule has 0 saturated heterocycles. The largest absolute Gasteiger partial charge is 0.391 e. The maximum absolute atomic E-state index is 12.4. The van der Waals surface area contributed by atoms with Crippen molar-refractivity contribution < 1.29 is 9.90 Å². The van der Waals surface area contributed by atoms with E-state index in [-0.39, 0.29) is 11.3 Å². The number of fused-ring (bicyclic) bond motifs is 2. The molecule has 5 rings (SSSR count). The van der Waals surface area contributed by atoms with Crippen molar-refractivity contribution in [2.24, 2.45) is 22.6 Å². The highest BCUT2D eigenvalue weighted by molar-refractivity contribution is 5.78. The Morgan fingerprint density at radius 1 is 1.40 bits per heavy atom. The molecule has 1 aliphatic heterocycles. The van der Waals surface area contributed by atoms with Gasteiger partial charge in [-0.15, -0.1) is 0 Å². The topological polar surface area (TPSA) is 98.8 Å². The molecule has 2 bridgehead atoms. The summed E-state index contributed by atoms with van der Waals surface area (Å²) in [6.07, 6.45) is 9.32. The van der Waals surface area contributed by atoms with Gasteiger partial charge >= 0.3 is 0 Å². The molecule has 3 aliphatic carbocycles. The molecular weight excluding hydrogens is 380 g/mol. The molecule has 1 spiro atoms. The van der Waals surface area contributed by atoms with Gasteiger partial charge in [-0.25, -0.2) is 15.8 Å². The Hall–Kier alpha value is -1.77. The summed E-state index contributed by atoms with van der Waals surface area (Å²) in [7, 11) is 3.80. The van der Waals surface area contributed by atoms with Crippen LogP contribution in [0.25, 0.3) is 0 Å². The van der Waals surface area contributed by atoms with E-state index in [0.29, 0.717) is 43.8 Å². The number of aliphatic hydroxyl groups excluding tert-OH is 1. The Morgan fingerprint density at radius 2 is 2.23 bits per heavy atom. The van der Waals surface area contributed by atoms with Crippen molar-refractivity contribution in [1.29, 1.82) is 0 Å². The van der Waals surface area contributed by atoms with E-state index in [2.05, 4.69) is 9.97 Å². The highest BCUT2D eigenvalue weighted by Gasteiger charge is 2.74. The van der Waals surface area contributed by atoms with Crippen LogP contribution < -0.4 is 10.9 Å². The number of amides is 1. The summed E-state index contributed by atoms with van der Waals surface area (Å²) >= 11 is 0. The monoisotopic (exact) mass is 414 g/mol. The van der Waals surface area contributed by atoms with Crippen molar-refractivity contribution in [3.05, 3.63) is 17.6 Å². The molecule has 4 unspecified atom stereocenters. The molecule has 1 amide bonds. The molecule has 1 aromatic rings. The first-order valence-corrected chi connectivity index (χ1v) is 11.3. The summed E-state index contributed by atoms with van der Waals surface area (Å²) in [4.78, 5) is 25.1. The van der Waals surface area contributed by atoms with Gasteiger partial charge in [0, 0.05) is 17.5 Å². The Balaban J connectivity index is 1.29. The van der Waals surface area contributed by atoms with Gasteiger partial charge < -0.3 is 14.9 Å². The van der Waals surface area contributed by atoms with Gasteiger partial charge in [0.2, 0.25) is 5.91 Å². The summed E-state index contributed by atoms with van der Waals surface area (Å²) in [6.45, 7) is 1.93. The number of carbonyl (C=O) groups is 1. The van der Waals surface area contributed by atoms with Gasteiger partial charge in [-0.3, -0.25) is 9.80 Å². The normalized spacial score (nSPS) is 32.6. The lowest BCUT2D eigenvalue weighted by molar-refractivity contribution is -0.132. The smallest absolute Gasteiger partial charge is 0.237 e. The van der Waals surface area contributed by atoms with Crippen LogP contribution in [0.1, 0.15) is 49.8 Å². The van der Waals surface area contributed by atoms with Crippen LogP contribution in [-0.4, -0.2) is 70.6 Å². The summed E-state index contributed by atoms with van der Waals surface area (Å²) in [6, 6.07) is 0. The van der Waals surface area contributed by atoms with Gasteiger partial charge in [-0.1, -0.05) is 12.8 Å². The lowest BCUT2D eigenvalue weighted by atomic mass is 9.83. The lowest BCUT2D eigenvalue weighted by Crippen LogP contribution is -2.45. The molecule has 4 atom stereocenters. The minimum atomic E-state index is -0.419. The number of hydrogen-bond donors (Lipinski definition) is 2. The number of rotatable bonds is 6. The summed E-state index contributed by atoms with van der Waals surface area (Å²) in [5.41, 5.74) is 2.33. The fourth-order valence-corrected chi connectivity index (χ4v) is 6.86. The number of nitrogens with two attached hydrogens (primary N) is 1. The first kappa shape index (κ1) is 20.2. The van der Waals surface area contributed by atoms with Gasteiger partial charge in [-0.2, -0.15) is 0 Å². The predicted octanol–water partition coefficient (Wildman–Crippen LogP) is 0.934. The Kier molecular flexibility index (Phi) is 4.79. The van der Waals surface area contributed by atoms with Gasteiger partial charge in [-0.05, 0) is 57.5 Å². The van der Waals surface area contributed by atoms with Gasteiger partial charge in [0.25, 0.3) is 0 Å². The second kappa shape index (κ2) is 7.14. The minimum absolute atomic E-state index is 0.0777. The van der Waals surface area contributed by atoms with Crippen LogP contribution in [0, 0.1) is 16.7 Å². The average Bonchev–Trinajstić information content (AvgIpc) is 3.24. The number of aromatic nitrogens is 2. The highest BCUT2D eigenvalue weighted by atomic mass is 16.3. The molecular formula is C22H34N6O2. The Bertz CT molecular complexity index is 847. The van der Waals surface area contributed by atoms with Crippen molar-refractivity contribution in [3.8, 4) is 0 Å². The van der Waals surface area contributed by atoms with Crippen molar-refractivity contribution in [3.63, 3.8) is 0 Å². The number of aliphatic hydroxyl groups is 1. The maximum Gasteiger partial charge on any atom is 0.237 e. The third-order valence-electron chi connectivity index (χ3n) is 8.25. The van der Waals surface area contributed by atoms with Crippen LogP contribution in [0.3, 0.4) is 0 Å². The van der Waals surface area contributed by atoms with Crippen LogP contribution >= 0.6 is 0 Å². The number of anilines is 1. The number of hydrazine groups is 1. The molecule has 0 aromatic carbocycles. The number of likely N-dealkylation sites (N-methyl/N-ethyl adjacent to an activating group) is 1. The van der Waals surface area contributed by atoms with E-state index >= 15 is 0 Å². The molecule has 3 fully saturated rings. The van der Waals surface area contributed by atoms with E-state index in [4.69, 9.17) is 5.84 Å². The summed E-state index contributed by atoms with van der Waals surface area (Å²) in [5.74, 6) is 8.06. The fourth-order valence-electron chi connectivity index (χ4n) is 6.86. The van der Waals surface area contributed by atoms with E-state index in [1.807, 2.05) is 23.9 Å². The van der Waals surface area contributed by atoms with Crippen LogP contribution in [-0.2, 0) is 17.8 Å². The van der Waals surface area contributed by atoms with Gasteiger partial charge in [0.1, 0.15) is 12.1 Å². The maximum atomic E-state index is 12.4. The van der Waals surface area contributed by atoms with Gasteiger partial charge in [0.15, 0.2) is 0 Å². The molecule has 8 nitrogen and oxygen atoms in total. The highest BCUT2D eigenvalue weighted by Crippen LogP contribution is 2.80. The first-order chi connectivity index (χ1) is 14.3. The first-order valence-electron chi connectivity index (χ1n) is 11.3. The Morgan fingerprint density at radius 3 is 3.00 bits per heavy atom. The minimum Gasteiger partial charge on any atom is -0.391 e. The molecule has 2 heterocycles. The number of hydrogen-bond acceptors (Lipinski definition) is 7. The van der Waals surface area contributed by atoms with E-state index < -0.39 is 6.10 Å². The standard InChI is InChI=1S/C22H34N6O2/c1-26(2)12-19(30)27-7-5-16-17(10-27)24-14-25-20(16)28(23)11-18(29)22-9-15-4-3-6-21(22,8-15)13-22/h14-15,18,29H,3-13,23H2,1-2H3. The fraction of sp³-hybridized carbons (Fsp3) is 0.773. The SMILES string of the molecule is CN(C)CC(=O)N1CCc2c(ncnc2N(N)CC(O)C23CC4CCCC2(C4)C3)C1.